The van der Waals surface area contributed by atoms with Gasteiger partial charge < -0.3 is 10.4 Å². The van der Waals surface area contributed by atoms with Gasteiger partial charge in [-0.05, 0) is 51.0 Å². The second kappa shape index (κ2) is 4.99. The summed E-state index contributed by atoms with van der Waals surface area (Å²) in [4.78, 5) is 0. The highest BCUT2D eigenvalue weighted by molar-refractivity contribution is 9.10. The summed E-state index contributed by atoms with van der Waals surface area (Å²) in [5.74, 6) is 0. The van der Waals surface area contributed by atoms with Gasteiger partial charge in [-0.3, -0.25) is 0 Å². The molecular weight excluding hydrogens is 254 g/mol. The van der Waals surface area contributed by atoms with Crippen molar-refractivity contribution >= 4 is 21.6 Å². The van der Waals surface area contributed by atoms with Crippen LogP contribution in [0.4, 0.5) is 5.69 Å². The molecule has 0 spiro atoms. The number of aliphatic hydroxyl groups excluding tert-OH is 1. The number of hydrogen-bond acceptors (Lipinski definition) is 2. The Hall–Kier alpha value is -0.540. The van der Waals surface area contributed by atoms with E-state index in [1.807, 2.05) is 6.07 Å². The number of benzene rings is 1. The molecule has 1 aromatic rings. The molecule has 0 saturated carbocycles. The summed E-state index contributed by atoms with van der Waals surface area (Å²) >= 11 is 3.44. The maximum Gasteiger partial charge on any atom is 0.0453 e. The van der Waals surface area contributed by atoms with Gasteiger partial charge in [0.2, 0.25) is 0 Å². The second-order valence-electron chi connectivity index (χ2n) is 4.44. The highest BCUT2D eigenvalue weighted by atomic mass is 79.9. The number of rotatable bonds is 4. The summed E-state index contributed by atoms with van der Waals surface area (Å²) in [5, 5.41) is 12.4. The Labute approximate surface area is 99.8 Å². The van der Waals surface area contributed by atoms with Gasteiger partial charge in [-0.15, -0.1) is 0 Å². The Morgan fingerprint density at radius 3 is 2.60 bits per heavy atom. The van der Waals surface area contributed by atoms with Crippen molar-refractivity contribution in [1.29, 1.82) is 0 Å². The molecule has 0 aliphatic rings. The number of anilines is 1. The summed E-state index contributed by atoms with van der Waals surface area (Å²) in [6, 6.07) is 6.15. The summed E-state index contributed by atoms with van der Waals surface area (Å²) in [7, 11) is 0. The lowest BCUT2D eigenvalue weighted by molar-refractivity contribution is 0.261. The first-order chi connectivity index (χ1) is 6.94. The van der Waals surface area contributed by atoms with Crippen molar-refractivity contribution in [2.75, 3.05) is 11.9 Å². The minimum Gasteiger partial charge on any atom is -0.396 e. The van der Waals surface area contributed by atoms with Crippen LogP contribution < -0.4 is 5.32 Å². The van der Waals surface area contributed by atoms with E-state index in [9.17, 15) is 0 Å². The Balaban J connectivity index is 2.80. The Bertz CT molecular complexity index is 336. The fourth-order valence-electron chi connectivity index (χ4n) is 1.47. The molecule has 0 atom stereocenters. The van der Waals surface area contributed by atoms with Crippen LogP contribution >= 0.6 is 15.9 Å². The largest absolute Gasteiger partial charge is 0.396 e. The third-order valence-corrected chi connectivity index (χ3v) is 2.89. The normalized spacial score (nSPS) is 11.5. The molecule has 1 aromatic carbocycles. The van der Waals surface area contributed by atoms with Crippen LogP contribution in [0.3, 0.4) is 0 Å². The van der Waals surface area contributed by atoms with Gasteiger partial charge in [0.15, 0.2) is 0 Å². The maximum atomic E-state index is 8.95. The molecule has 0 aliphatic heterocycles. The van der Waals surface area contributed by atoms with Crippen molar-refractivity contribution in [1.82, 2.24) is 0 Å². The van der Waals surface area contributed by atoms with Gasteiger partial charge in [0.25, 0.3) is 0 Å². The smallest absolute Gasteiger partial charge is 0.0453 e. The third-order valence-electron chi connectivity index (χ3n) is 2.40. The number of hydrogen-bond donors (Lipinski definition) is 2. The number of nitrogens with one attached hydrogen (secondary N) is 1. The molecule has 0 radical (unpaired) electrons. The first-order valence-electron chi connectivity index (χ1n) is 5.10. The Morgan fingerprint density at radius 1 is 1.40 bits per heavy atom. The van der Waals surface area contributed by atoms with E-state index >= 15 is 0 Å². The van der Waals surface area contributed by atoms with Gasteiger partial charge in [-0.2, -0.15) is 0 Å². The number of aryl methyl sites for hydroxylation is 1. The second-order valence-corrected chi connectivity index (χ2v) is 5.36. The van der Waals surface area contributed by atoms with Gasteiger partial charge in [-0.25, -0.2) is 0 Å². The molecule has 2 nitrogen and oxygen atoms in total. The summed E-state index contributed by atoms with van der Waals surface area (Å²) < 4.78 is 1.09. The van der Waals surface area contributed by atoms with Crippen LogP contribution in [-0.4, -0.2) is 17.3 Å². The summed E-state index contributed by atoms with van der Waals surface area (Å²) in [6.45, 7) is 6.45. The molecule has 0 aromatic heterocycles. The average Bonchev–Trinajstić information content (AvgIpc) is 2.09. The first-order valence-corrected chi connectivity index (χ1v) is 5.89. The SMILES string of the molecule is Cc1cc(Br)ccc1NC(C)(C)CCO. The van der Waals surface area contributed by atoms with Gasteiger partial charge >= 0.3 is 0 Å². The van der Waals surface area contributed by atoms with E-state index in [0.717, 1.165) is 16.6 Å². The zero-order valence-corrected chi connectivity index (χ0v) is 11.1. The molecule has 0 bridgehead atoms. The topological polar surface area (TPSA) is 32.3 Å². The van der Waals surface area contributed by atoms with Gasteiger partial charge in [0, 0.05) is 22.3 Å². The fourth-order valence-corrected chi connectivity index (χ4v) is 1.95. The van der Waals surface area contributed by atoms with Crippen molar-refractivity contribution in [2.24, 2.45) is 0 Å². The third kappa shape index (κ3) is 3.84. The van der Waals surface area contributed by atoms with Crippen LogP contribution in [0.2, 0.25) is 0 Å². The molecule has 0 heterocycles. The highest BCUT2D eigenvalue weighted by Gasteiger charge is 2.17. The molecule has 0 fully saturated rings. The van der Waals surface area contributed by atoms with Crippen molar-refractivity contribution < 1.29 is 5.11 Å². The molecule has 0 unspecified atom stereocenters. The van der Waals surface area contributed by atoms with Crippen molar-refractivity contribution in [2.45, 2.75) is 32.7 Å². The van der Waals surface area contributed by atoms with Crippen LogP contribution in [0, 0.1) is 6.92 Å². The molecule has 0 aliphatic carbocycles. The number of halogens is 1. The molecule has 0 amide bonds. The standard InChI is InChI=1S/C12H18BrNO/c1-9-8-10(13)4-5-11(9)14-12(2,3)6-7-15/h4-5,8,14-15H,6-7H2,1-3H3. The van der Waals surface area contributed by atoms with Crippen LogP contribution in [0.5, 0.6) is 0 Å². The van der Waals surface area contributed by atoms with E-state index in [2.05, 4.69) is 54.2 Å². The molecule has 84 valence electrons. The number of aliphatic hydroxyl groups is 1. The van der Waals surface area contributed by atoms with Crippen LogP contribution in [-0.2, 0) is 0 Å². The zero-order chi connectivity index (χ0) is 11.5. The van der Waals surface area contributed by atoms with E-state index in [1.54, 1.807) is 0 Å². The van der Waals surface area contributed by atoms with Gasteiger partial charge in [-0.1, -0.05) is 15.9 Å². The van der Waals surface area contributed by atoms with E-state index < -0.39 is 0 Å². The van der Waals surface area contributed by atoms with Crippen LogP contribution in [0.25, 0.3) is 0 Å². The minimum absolute atomic E-state index is 0.0761. The minimum atomic E-state index is -0.0761. The predicted octanol–water partition coefficient (Wildman–Crippen LogP) is 3.33. The lowest BCUT2D eigenvalue weighted by Crippen LogP contribution is -2.32. The molecule has 3 heteroatoms. The van der Waals surface area contributed by atoms with Crippen molar-refractivity contribution in [3.63, 3.8) is 0 Å². The van der Waals surface area contributed by atoms with Crippen LogP contribution in [0.1, 0.15) is 25.8 Å². The van der Waals surface area contributed by atoms with Crippen LogP contribution in [0.15, 0.2) is 22.7 Å². The Kier molecular flexibility index (Phi) is 4.17. The molecule has 2 N–H and O–H groups in total. The Morgan fingerprint density at radius 2 is 2.07 bits per heavy atom. The van der Waals surface area contributed by atoms with E-state index in [4.69, 9.17) is 5.11 Å². The molecular formula is C12H18BrNO. The molecule has 1 rings (SSSR count). The fraction of sp³-hybridized carbons (Fsp3) is 0.500. The zero-order valence-electron chi connectivity index (χ0n) is 9.47. The van der Waals surface area contributed by atoms with E-state index in [1.165, 1.54) is 5.56 Å². The quantitative estimate of drug-likeness (QED) is 0.881. The van der Waals surface area contributed by atoms with Gasteiger partial charge in [0.1, 0.15) is 0 Å². The monoisotopic (exact) mass is 271 g/mol. The van der Waals surface area contributed by atoms with Gasteiger partial charge in [0.05, 0.1) is 0 Å². The van der Waals surface area contributed by atoms with Crippen molar-refractivity contribution in [3.05, 3.63) is 28.2 Å². The lowest BCUT2D eigenvalue weighted by atomic mass is 10.00. The first kappa shape index (κ1) is 12.5. The lowest BCUT2D eigenvalue weighted by Gasteiger charge is -2.27. The summed E-state index contributed by atoms with van der Waals surface area (Å²) in [6.07, 6.45) is 0.739. The van der Waals surface area contributed by atoms with Crippen molar-refractivity contribution in [3.8, 4) is 0 Å². The van der Waals surface area contributed by atoms with E-state index in [0.29, 0.717) is 0 Å². The highest BCUT2D eigenvalue weighted by Crippen LogP contribution is 2.24. The predicted molar refractivity (Wildman–Crippen MR) is 68.3 cm³/mol. The molecule has 0 saturated heterocycles. The maximum absolute atomic E-state index is 8.95. The summed E-state index contributed by atoms with van der Waals surface area (Å²) in [5.41, 5.74) is 2.25. The molecule has 15 heavy (non-hydrogen) atoms. The average molecular weight is 272 g/mol. The van der Waals surface area contributed by atoms with E-state index in [-0.39, 0.29) is 12.1 Å².